The molecule has 5 heteroatoms. The third-order valence-corrected chi connectivity index (χ3v) is 21.0. The van der Waals surface area contributed by atoms with Gasteiger partial charge in [-0.15, -0.1) is 0 Å². The quantitative estimate of drug-likeness (QED) is 0.0252. The van der Waals surface area contributed by atoms with Gasteiger partial charge in [-0.1, -0.05) is 0 Å². The van der Waals surface area contributed by atoms with E-state index in [1.165, 1.54) is 198 Å². The second-order valence-electron chi connectivity index (χ2n) is 20.4. The minimum atomic E-state index is -2.89. The molecule has 0 radical (unpaired) electrons. The Labute approximate surface area is 451 Å². The van der Waals surface area contributed by atoms with Gasteiger partial charge in [0.25, 0.3) is 0 Å². The van der Waals surface area contributed by atoms with Gasteiger partial charge < -0.3 is 37.2 Å². The summed E-state index contributed by atoms with van der Waals surface area (Å²) >= 11 is 2.52. The molecular weight excluding hydrogens is 939 g/mol. The Morgan fingerprint density at radius 2 is 0.618 bits per heavy atom. The van der Waals surface area contributed by atoms with Crippen molar-refractivity contribution in [2.45, 2.75) is 240 Å². The first-order valence-corrected chi connectivity index (χ1v) is 30.7. The minimum Gasteiger partial charge on any atom is -1.00 e. The Balaban J connectivity index is 0.00000529. The molecule has 68 heavy (non-hydrogen) atoms. The number of benzene rings is 4. The van der Waals surface area contributed by atoms with Crippen molar-refractivity contribution < 1.29 is 57.7 Å². The molecule has 1 unspecified atom stereocenters. The standard InChI is InChI=1S/C63H93Si.3ClH.Ti/c1-7-13-19-25-33-52-43-53(34-26-20-14-8-2)47-59(46-52)64(63-42-41-58-39-31-32-40-62(58)63,60-48-54(35-27-21-15-9-3)44-55(49-60)36-28-22-16-10-4)61-50-56(37-29-23-17-11-5)45-57(51-61)38-30-24-18-12-6;;;;/h31-32,39-41,43-51,63H,7-30,33-38H2,1-6H3;3*1H;/q;;;;+3/p-3. The first-order chi connectivity index (χ1) is 31.9. The number of hydrogen-bond acceptors (Lipinski definition) is 0. The molecular formula is C63H93Cl3SiTi. The van der Waals surface area contributed by atoms with Gasteiger partial charge in [-0.2, -0.15) is 0 Å². The van der Waals surface area contributed by atoms with Crippen LogP contribution in [0.4, 0.5) is 0 Å². The molecule has 0 bridgehead atoms. The van der Waals surface area contributed by atoms with Gasteiger partial charge in [0.05, 0.1) is 0 Å². The summed E-state index contributed by atoms with van der Waals surface area (Å²) in [5, 5.41) is 5.06. The van der Waals surface area contributed by atoms with Crippen molar-refractivity contribution >= 4 is 29.7 Å². The molecule has 0 aromatic heterocycles. The number of rotatable bonds is 34. The number of aryl methyl sites for hydroxylation is 6. The van der Waals surface area contributed by atoms with Crippen molar-refractivity contribution in [2.75, 3.05) is 0 Å². The zero-order valence-corrected chi connectivity index (χ0v) is 48.8. The van der Waals surface area contributed by atoms with Crippen molar-refractivity contribution in [1.29, 1.82) is 0 Å². The molecule has 1 aliphatic rings. The number of halogens is 3. The number of unbranched alkanes of at least 4 members (excludes halogenated alkanes) is 18. The predicted molar refractivity (Wildman–Crippen MR) is 288 cm³/mol. The smallest absolute Gasteiger partial charge is 1.00 e. The van der Waals surface area contributed by atoms with E-state index in [-0.39, 0.29) is 37.2 Å². The van der Waals surface area contributed by atoms with Gasteiger partial charge in [0, 0.05) is 0 Å². The molecule has 0 N–H and O–H groups in total. The van der Waals surface area contributed by atoms with Crippen molar-refractivity contribution in [1.82, 2.24) is 0 Å². The average molecular weight is 1030 g/mol. The van der Waals surface area contributed by atoms with Crippen LogP contribution in [0.1, 0.15) is 246 Å². The molecule has 0 fully saturated rings. The fraction of sp³-hybridized carbons (Fsp3) is 0.587. The van der Waals surface area contributed by atoms with E-state index in [9.17, 15) is 0 Å². The normalized spacial score (nSPS) is 13.1. The average Bonchev–Trinajstić information content (AvgIpc) is 3.65. The Morgan fingerprint density at radius 3 is 0.882 bits per heavy atom. The summed E-state index contributed by atoms with van der Waals surface area (Å²) < 4.78 is 1.58. The van der Waals surface area contributed by atoms with Crippen LogP contribution in [0.25, 0.3) is 6.08 Å². The van der Waals surface area contributed by atoms with Crippen LogP contribution in [0.2, 0.25) is 0 Å². The maximum atomic E-state index is 2.81. The van der Waals surface area contributed by atoms with Crippen LogP contribution in [0.15, 0.2) is 82.7 Å². The number of allylic oxidation sites excluding steroid dienone is 1. The van der Waals surface area contributed by atoms with Gasteiger partial charge >= 0.3 is 417 Å². The van der Waals surface area contributed by atoms with E-state index < -0.39 is 8.07 Å². The second kappa shape index (κ2) is 35.5. The van der Waals surface area contributed by atoms with Gasteiger partial charge in [-0.25, -0.2) is 0 Å². The molecule has 0 nitrogen and oxygen atoms in total. The molecule has 5 rings (SSSR count). The van der Waals surface area contributed by atoms with Gasteiger partial charge in [-0.3, -0.25) is 0 Å². The molecule has 4 aromatic carbocycles. The maximum Gasteiger partial charge on any atom is -1.00 e. The van der Waals surface area contributed by atoms with Crippen LogP contribution in [-0.4, -0.2) is 8.07 Å². The predicted octanol–water partition coefficient (Wildman–Crippen LogP) is 8.13. The summed E-state index contributed by atoms with van der Waals surface area (Å²) in [6.07, 6.45) is 41.2. The van der Waals surface area contributed by atoms with E-state index in [0.717, 1.165) is 0 Å². The SMILES string of the molecule is CCCCCCc1cc(CCCCCC)cc([Si](c2cc(CCCCCC)cc(CCCCCC)c2)(c2cc(CCCCCC)cc(CCCCCC)c2)C2[C]([Ti+3])=Cc3ccccc32)c1.[Cl-].[Cl-].[Cl-]. The van der Waals surface area contributed by atoms with Crippen LogP contribution in [0, 0.1) is 0 Å². The number of fused-ring (bicyclic) bond motifs is 1. The Bertz CT molecular complexity index is 1740. The van der Waals surface area contributed by atoms with Crippen LogP contribution in [0.5, 0.6) is 0 Å². The van der Waals surface area contributed by atoms with Crippen molar-refractivity contribution in [3.8, 4) is 0 Å². The monoisotopic (exact) mass is 1030 g/mol. The fourth-order valence-corrected chi connectivity index (χ4v) is 18.4. The fourth-order valence-electron chi connectivity index (χ4n) is 11.2. The summed E-state index contributed by atoms with van der Waals surface area (Å²) in [7, 11) is -2.89. The first-order valence-electron chi connectivity index (χ1n) is 27.8. The third-order valence-electron chi connectivity index (χ3n) is 14.8. The zero-order valence-electron chi connectivity index (χ0n) is 44.0. The molecule has 0 spiro atoms. The van der Waals surface area contributed by atoms with E-state index in [1.54, 1.807) is 58.4 Å². The Hall–Kier alpha value is -1.58. The van der Waals surface area contributed by atoms with E-state index in [0.29, 0.717) is 5.54 Å². The van der Waals surface area contributed by atoms with E-state index >= 15 is 0 Å². The minimum absolute atomic E-state index is 0. The first kappa shape index (κ1) is 62.5. The maximum absolute atomic E-state index is 2.89. The van der Waals surface area contributed by atoms with Crippen molar-refractivity contribution in [3.05, 3.63) is 127 Å². The van der Waals surface area contributed by atoms with Crippen molar-refractivity contribution in [2.24, 2.45) is 0 Å². The largest absolute Gasteiger partial charge is 1.00 e. The van der Waals surface area contributed by atoms with Gasteiger partial charge in [0.15, 0.2) is 0 Å². The molecule has 1 aliphatic carbocycles. The summed E-state index contributed by atoms with van der Waals surface area (Å²) in [6.45, 7) is 14.1. The molecule has 0 amide bonds. The van der Waals surface area contributed by atoms with Crippen LogP contribution < -0.4 is 52.8 Å². The molecule has 0 saturated carbocycles. The van der Waals surface area contributed by atoms with Crippen molar-refractivity contribution in [3.63, 3.8) is 0 Å². The van der Waals surface area contributed by atoms with E-state index in [1.807, 2.05) is 0 Å². The summed E-state index contributed by atoms with van der Waals surface area (Å²) in [5.74, 6) is 0. The topological polar surface area (TPSA) is 0 Å². The van der Waals surface area contributed by atoms with Crippen LogP contribution in [-0.2, 0) is 59.0 Å². The summed E-state index contributed by atoms with van der Waals surface area (Å²) in [4.78, 5) is 0. The molecule has 0 saturated heterocycles. The summed E-state index contributed by atoms with van der Waals surface area (Å²) in [6, 6.07) is 34.5. The zero-order chi connectivity index (χ0) is 46.1. The third kappa shape index (κ3) is 18.8. The molecule has 0 heterocycles. The van der Waals surface area contributed by atoms with Crippen LogP contribution in [0.3, 0.4) is 0 Å². The molecule has 4 aromatic rings. The molecule has 374 valence electrons. The summed E-state index contributed by atoms with van der Waals surface area (Å²) in [5.41, 5.74) is 13.0. The van der Waals surface area contributed by atoms with Crippen LogP contribution >= 0.6 is 0 Å². The Kier molecular flexibility index (Phi) is 32.7. The molecule has 0 aliphatic heterocycles. The van der Waals surface area contributed by atoms with Gasteiger partial charge in [0.1, 0.15) is 0 Å². The van der Waals surface area contributed by atoms with Gasteiger partial charge in [0.2, 0.25) is 0 Å². The van der Waals surface area contributed by atoms with E-state index in [2.05, 4.69) is 147 Å². The van der Waals surface area contributed by atoms with Gasteiger partial charge in [-0.05, 0) is 0 Å². The van der Waals surface area contributed by atoms with E-state index in [4.69, 9.17) is 0 Å². The number of hydrogen-bond donors (Lipinski definition) is 0. The Morgan fingerprint density at radius 1 is 0.353 bits per heavy atom. The second-order valence-corrected chi connectivity index (χ2v) is 25.3. The molecule has 1 atom stereocenters.